The van der Waals surface area contributed by atoms with Crippen LogP contribution in [-0.2, 0) is 0 Å². The van der Waals surface area contributed by atoms with E-state index in [1.807, 2.05) is 6.07 Å². The van der Waals surface area contributed by atoms with Crippen molar-refractivity contribution in [3.8, 4) is 0 Å². The number of hydrogen-bond acceptors (Lipinski definition) is 2. The first-order chi connectivity index (χ1) is 9.69. The molecule has 0 spiro atoms. The summed E-state index contributed by atoms with van der Waals surface area (Å²) in [6.45, 7) is 6.87. The molecule has 2 unspecified atom stereocenters. The van der Waals surface area contributed by atoms with Crippen LogP contribution < -0.4 is 5.32 Å². The third-order valence-electron chi connectivity index (χ3n) is 4.29. The normalized spacial score (nSPS) is 23.9. The molecule has 2 atom stereocenters. The van der Waals surface area contributed by atoms with E-state index in [9.17, 15) is 4.79 Å². The summed E-state index contributed by atoms with van der Waals surface area (Å²) < 4.78 is 0. The van der Waals surface area contributed by atoms with Crippen LogP contribution in [0.5, 0.6) is 0 Å². The van der Waals surface area contributed by atoms with Gasteiger partial charge in [-0.25, -0.2) is 0 Å². The van der Waals surface area contributed by atoms with Crippen molar-refractivity contribution in [2.24, 2.45) is 11.3 Å². The average Bonchev–Trinajstić information content (AvgIpc) is 2.61. The summed E-state index contributed by atoms with van der Waals surface area (Å²) in [7, 11) is 3.53. The fourth-order valence-electron chi connectivity index (χ4n) is 3.35. The number of carbonyl (C=O) groups is 1. The van der Waals surface area contributed by atoms with Crippen LogP contribution in [0.3, 0.4) is 0 Å². The Bertz CT molecular complexity index is 540. The van der Waals surface area contributed by atoms with Crippen LogP contribution in [0, 0.1) is 11.3 Å². The highest BCUT2D eigenvalue weighted by atomic mass is 35.5. The van der Waals surface area contributed by atoms with Gasteiger partial charge < -0.3 is 10.2 Å². The molecule has 1 aliphatic rings. The van der Waals surface area contributed by atoms with Crippen molar-refractivity contribution in [1.29, 1.82) is 0 Å². The fraction of sp³-hybridized carbons (Fsp3) is 0.588. The Balaban J connectivity index is 2.27. The summed E-state index contributed by atoms with van der Waals surface area (Å²) in [6, 6.07) is 5.81. The van der Waals surface area contributed by atoms with E-state index in [1.54, 1.807) is 31.1 Å². The topological polar surface area (TPSA) is 32.3 Å². The van der Waals surface area contributed by atoms with E-state index in [0.29, 0.717) is 28.0 Å². The molecule has 3 nitrogen and oxygen atoms in total. The lowest BCUT2D eigenvalue weighted by Gasteiger charge is -2.22. The minimum atomic E-state index is -0.000855. The molecular weight excluding hydrogens is 284 g/mol. The first kappa shape index (κ1) is 16.2. The van der Waals surface area contributed by atoms with Crippen LogP contribution in [0.25, 0.3) is 0 Å². The van der Waals surface area contributed by atoms with Gasteiger partial charge in [-0.2, -0.15) is 0 Å². The highest BCUT2D eigenvalue weighted by Gasteiger charge is 2.37. The molecule has 0 aromatic heterocycles. The van der Waals surface area contributed by atoms with Crippen molar-refractivity contribution in [1.82, 2.24) is 4.90 Å². The van der Waals surface area contributed by atoms with Crippen LogP contribution in [0.2, 0.25) is 5.02 Å². The third-order valence-corrected chi connectivity index (χ3v) is 4.53. The van der Waals surface area contributed by atoms with Gasteiger partial charge in [-0.1, -0.05) is 32.4 Å². The molecule has 4 heteroatoms. The van der Waals surface area contributed by atoms with E-state index in [2.05, 4.69) is 26.1 Å². The molecular formula is C17H25ClN2O. The van der Waals surface area contributed by atoms with Crippen LogP contribution in [-0.4, -0.2) is 30.9 Å². The van der Waals surface area contributed by atoms with Gasteiger partial charge in [0.25, 0.3) is 5.91 Å². The molecule has 1 N–H and O–H groups in total. The zero-order valence-corrected chi connectivity index (χ0v) is 14.3. The summed E-state index contributed by atoms with van der Waals surface area (Å²) in [5.41, 5.74) is 1.87. The van der Waals surface area contributed by atoms with Gasteiger partial charge >= 0.3 is 0 Å². The van der Waals surface area contributed by atoms with Crippen molar-refractivity contribution < 1.29 is 4.79 Å². The van der Waals surface area contributed by atoms with Gasteiger partial charge in [0, 0.05) is 30.8 Å². The van der Waals surface area contributed by atoms with Crippen molar-refractivity contribution in [2.75, 3.05) is 19.4 Å². The van der Waals surface area contributed by atoms with Crippen molar-refractivity contribution >= 4 is 23.2 Å². The molecule has 0 aliphatic heterocycles. The van der Waals surface area contributed by atoms with Gasteiger partial charge in [-0.05, 0) is 42.4 Å². The van der Waals surface area contributed by atoms with Crippen LogP contribution in [0.1, 0.15) is 44.0 Å². The smallest absolute Gasteiger partial charge is 0.255 e. The van der Waals surface area contributed by atoms with Gasteiger partial charge in [0.2, 0.25) is 0 Å². The maximum atomic E-state index is 12.3. The summed E-state index contributed by atoms with van der Waals surface area (Å²) in [4.78, 5) is 13.9. The van der Waals surface area contributed by atoms with Gasteiger partial charge in [-0.3, -0.25) is 4.79 Å². The van der Waals surface area contributed by atoms with Gasteiger partial charge in [-0.15, -0.1) is 0 Å². The number of amides is 1. The second-order valence-electron chi connectivity index (χ2n) is 7.19. The molecule has 1 aliphatic carbocycles. The Morgan fingerprint density at radius 2 is 2.00 bits per heavy atom. The molecule has 0 radical (unpaired) electrons. The SMILES string of the molecule is CC1CC(C)(C)CC1Nc1cc(Cl)ccc1C(=O)N(C)C. The predicted molar refractivity (Wildman–Crippen MR) is 89.1 cm³/mol. The molecule has 0 bridgehead atoms. The molecule has 0 heterocycles. The van der Waals surface area contributed by atoms with Crippen LogP contribution in [0.4, 0.5) is 5.69 Å². The highest BCUT2D eigenvalue weighted by Crippen LogP contribution is 2.42. The second kappa shape index (κ2) is 5.88. The zero-order valence-electron chi connectivity index (χ0n) is 13.5. The van der Waals surface area contributed by atoms with Gasteiger partial charge in [0.05, 0.1) is 5.56 Å². The number of nitrogens with zero attached hydrogens (tertiary/aromatic N) is 1. The molecule has 21 heavy (non-hydrogen) atoms. The number of halogens is 1. The minimum absolute atomic E-state index is 0.000855. The Morgan fingerprint density at radius 1 is 1.33 bits per heavy atom. The minimum Gasteiger partial charge on any atom is -0.381 e. The molecule has 1 saturated carbocycles. The van der Waals surface area contributed by atoms with E-state index in [1.165, 1.54) is 6.42 Å². The van der Waals surface area contributed by atoms with Gasteiger partial charge in [0.15, 0.2) is 0 Å². The molecule has 1 fully saturated rings. The lowest BCUT2D eigenvalue weighted by atomic mass is 9.91. The summed E-state index contributed by atoms with van der Waals surface area (Å²) in [5.74, 6) is 0.584. The Labute approximate surface area is 132 Å². The van der Waals surface area contributed by atoms with E-state index in [4.69, 9.17) is 11.6 Å². The Hall–Kier alpha value is -1.22. The molecule has 116 valence electrons. The number of anilines is 1. The zero-order chi connectivity index (χ0) is 15.8. The standard InChI is InChI=1S/C17H25ClN2O/c1-11-9-17(2,3)10-15(11)19-14-8-12(18)6-7-13(14)16(21)20(4)5/h6-8,11,15,19H,9-10H2,1-5H3. The summed E-state index contributed by atoms with van der Waals surface area (Å²) in [6.07, 6.45) is 2.30. The van der Waals surface area contributed by atoms with Crippen molar-refractivity contribution in [3.63, 3.8) is 0 Å². The molecule has 1 aromatic rings. The Kier molecular flexibility index (Phi) is 4.52. The largest absolute Gasteiger partial charge is 0.381 e. The second-order valence-corrected chi connectivity index (χ2v) is 7.63. The lowest BCUT2D eigenvalue weighted by molar-refractivity contribution is 0.0828. The monoisotopic (exact) mass is 308 g/mol. The number of benzene rings is 1. The number of nitrogens with one attached hydrogen (secondary N) is 1. The van der Waals surface area contributed by atoms with E-state index in [-0.39, 0.29) is 5.91 Å². The lowest BCUT2D eigenvalue weighted by Crippen LogP contribution is -2.27. The molecule has 1 aromatic carbocycles. The summed E-state index contributed by atoms with van der Waals surface area (Å²) >= 11 is 6.11. The molecule has 0 saturated heterocycles. The van der Waals surface area contributed by atoms with Crippen LogP contribution in [0.15, 0.2) is 18.2 Å². The number of carbonyl (C=O) groups excluding carboxylic acids is 1. The maximum Gasteiger partial charge on any atom is 0.255 e. The first-order valence-electron chi connectivity index (χ1n) is 7.47. The third kappa shape index (κ3) is 3.70. The van der Waals surface area contributed by atoms with E-state index in [0.717, 1.165) is 12.1 Å². The molecule has 2 rings (SSSR count). The highest BCUT2D eigenvalue weighted by molar-refractivity contribution is 6.31. The predicted octanol–water partition coefficient (Wildman–Crippen LogP) is 4.28. The molecule has 1 amide bonds. The number of rotatable bonds is 3. The summed E-state index contributed by atoms with van der Waals surface area (Å²) in [5, 5.41) is 4.21. The first-order valence-corrected chi connectivity index (χ1v) is 7.85. The van der Waals surface area contributed by atoms with E-state index >= 15 is 0 Å². The van der Waals surface area contributed by atoms with Crippen LogP contribution >= 0.6 is 11.6 Å². The van der Waals surface area contributed by atoms with E-state index < -0.39 is 0 Å². The van der Waals surface area contributed by atoms with Gasteiger partial charge in [0.1, 0.15) is 0 Å². The fourth-order valence-corrected chi connectivity index (χ4v) is 3.52. The average molecular weight is 309 g/mol. The van der Waals surface area contributed by atoms with Crippen molar-refractivity contribution in [2.45, 2.75) is 39.7 Å². The van der Waals surface area contributed by atoms with Crippen molar-refractivity contribution in [3.05, 3.63) is 28.8 Å². The number of hydrogen-bond donors (Lipinski definition) is 1. The maximum absolute atomic E-state index is 12.3. The Morgan fingerprint density at radius 3 is 2.52 bits per heavy atom. The quantitative estimate of drug-likeness (QED) is 0.904.